The molecular formula is C41H38. The van der Waals surface area contributed by atoms with Gasteiger partial charge in [-0.1, -0.05) is 152 Å². The van der Waals surface area contributed by atoms with Crippen LogP contribution in [0.5, 0.6) is 0 Å². The zero-order valence-electron chi connectivity index (χ0n) is 24.4. The average Bonchev–Trinajstić information content (AvgIpc) is 2.98. The maximum absolute atomic E-state index is 4.00. The molecule has 0 fully saturated rings. The van der Waals surface area contributed by atoms with Crippen LogP contribution in [0.15, 0.2) is 152 Å². The molecule has 0 aromatic heterocycles. The molecule has 0 aliphatic rings. The minimum absolute atomic E-state index is 0.866. The van der Waals surface area contributed by atoms with E-state index in [-0.39, 0.29) is 0 Å². The lowest BCUT2D eigenvalue weighted by Crippen LogP contribution is -2.02. The van der Waals surface area contributed by atoms with Crippen LogP contribution in [0, 0.1) is 6.92 Å². The van der Waals surface area contributed by atoms with Gasteiger partial charge in [0.1, 0.15) is 0 Å². The molecule has 0 spiro atoms. The van der Waals surface area contributed by atoms with Crippen LogP contribution in [-0.4, -0.2) is 0 Å². The van der Waals surface area contributed by atoms with Gasteiger partial charge in [-0.15, -0.1) is 0 Å². The molecule has 202 valence electrons. The highest BCUT2D eigenvalue weighted by Gasteiger charge is 2.16. The molecule has 0 atom stereocenters. The van der Waals surface area contributed by atoms with Crippen LogP contribution in [0.4, 0.5) is 0 Å². The highest BCUT2D eigenvalue weighted by molar-refractivity contribution is 5.76. The van der Waals surface area contributed by atoms with Gasteiger partial charge in [-0.25, -0.2) is 0 Å². The number of rotatable bonds is 9. The molecule has 5 aromatic rings. The van der Waals surface area contributed by atoms with Gasteiger partial charge in [0.15, 0.2) is 0 Å². The minimum Gasteiger partial charge on any atom is -0.0961 e. The van der Waals surface area contributed by atoms with Crippen LogP contribution in [0.25, 0.3) is 27.8 Å². The number of hydrogen-bond acceptors (Lipinski definition) is 0. The van der Waals surface area contributed by atoms with E-state index < -0.39 is 0 Å². The predicted molar refractivity (Wildman–Crippen MR) is 178 cm³/mol. The van der Waals surface area contributed by atoms with E-state index in [1.165, 1.54) is 61.2 Å². The molecule has 0 nitrogen and oxygen atoms in total. The predicted octanol–water partition coefficient (Wildman–Crippen LogP) is 11.0. The maximum Gasteiger partial charge on any atom is -0.00134 e. The van der Waals surface area contributed by atoms with E-state index >= 15 is 0 Å². The Morgan fingerprint density at radius 3 is 1.80 bits per heavy atom. The van der Waals surface area contributed by atoms with Gasteiger partial charge in [-0.3, -0.25) is 0 Å². The number of aryl methyl sites for hydroxylation is 1. The first kappa shape index (κ1) is 27.9. The molecule has 0 heterocycles. The van der Waals surface area contributed by atoms with E-state index in [0.29, 0.717) is 0 Å². The number of allylic oxidation sites excluding steroid dienone is 5. The molecule has 0 saturated heterocycles. The van der Waals surface area contributed by atoms with E-state index in [1.807, 2.05) is 6.92 Å². The van der Waals surface area contributed by atoms with Crippen molar-refractivity contribution in [2.24, 2.45) is 0 Å². The summed E-state index contributed by atoms with van der Waals surface area (Å²) in [5.74, 6) is 0. The molecule has 0 aliphatic heterocycles. The second-order valence-corrected chi connectivity index (χ2v) is 10.9. The Kier molecular flexibility index (Phi) is 8.92. The lowest BCUT2D eigenvalue weighted by atomic mass is 9.85. The number of hydrogen-bond donors (Lipinski definition) is 0. The Morgan fingerprint density at radius 1 is 0.585 bits per heavy atom. The lowest BCUT2D eigenvalue weighted by molar-refractivity contribution is 1.13. The third-order valence-corrected chi connectivity index (χ3v) is 7.64. The van der Waals surface area contributed by atoms with Gasteiger partial charge in [0, 0.05) is 0 Å². The molecule has 0 N–H and O–H groups in total. The maximum atomic E-state index is 4.00. The number of benzene rings is 5. The van der Waals surface area contributed by atoms with Crippen molar-refractivity contribution in [1.29, 1.82) is 0 Å². The molecule has 0 radical (unpaired) electrons. The summed E-state index contributed by atoms with van der Waals surface area (Å²) in [6.07, 6.45) is 8.11. The van der Waals surface area contributed by atoms with Gasteiger partial charge in [-0.05, 0) is 94.8 Å². The third-order valence-electron chi connectivity index (χ3n) is 7.64. The zero-order chi connectivity index (χ0) is 28.6. The highest BCUT2D eigenvalue weighted by Crippen LogP contribution is 2.35. The first-order valence-corrected chi connectivity index (χ1v) is 14.4. The fourth-order valence-corrected chi connectivity index (χ4v) is 5.79. The molecule has 0 heteroatoms. The molecule has 0 bridgehead atoms. The summed E-state index contributed by atoms with van der Waals surface area (Å²) in [5.41, 5.74) is 15.5. The first-order valence-electron chi connectivity index (χ1n) is 14.4. The van der Waals surface area contributed by atoms with Crippen molar-refractivity contribution in [3.8, 4) is 22.3 Å². The summed E-state index contributed by atoms with van der Waals surface area (Å²) in [6, 6.07) is 43.9. The quantitative estimate of drug-likeness (QED) is 0.166. The SMILES string of the molecule is C=C(C)C=CC=C(C)c1c(C)cccc1Cc1cccc(Cc2ccccc2-c2ccccc2)c1-c1ccccc1. The monoisotopic (exact) mass is 530 g/mol. The Hall–Kier alpha value is -4.68. The van der Waals surface area contributed by atoms with Gasteiger partial charge >= 0.3 is 0 Å². The zero-order valence-corrected chi connectivity index (χ0v) is 24.4. The highest BCUT2D eigenvalue weighted by atomic mass is 14.2. The molecule has 0 amide bonds. The van der Waals surface area contributed by atoms with Crippen molar-refractivity contribution in [3.05, 3.63) is 185 Å². The first-order chi connectivity index (χ1) is 20.0. The van der Waals surface area contributed by atoms with Crippen LogP contribution >= 0.6 is 0 Å². The summed E-state index contributed by atoms with van der Waals surface area (Å²) in [6.45, 7) is 10.4. The van der Waals surface area contributed by atoms with Crippen LogP contribution in [-0.2, 0) is 12.8 Å². The molecule has 5 rings (SSSR count). The standard InChI is InChI=1S/C41H38/c1-30(2)16-13-17-31(3)40-32(4)18-14-24-36(40)29-38-26-15-25-37(41(38)34-21-9-6-10-22-34)28-35-23-11-12-27-39(35)33-19-7-5-8-20-33/h5-27H,1,28-29H2,2-4H3. The van der Waals surface area contributed by atoms with E-state index in [1.54, 1.807) is 0 Å². The molecule has 0 unspecified atom stereocenters. The molecule has 41 heavy (non-hydrogen) atoms. The second kappa shape index (κ2) is 13.1. The summed E-state index contributed by atoms with van der Waals surface area (Å²) in [5, 5.41) is 0. The van der Waals surface area contributed by atoms with Crippen LogP contribution in [0.3, 0.4) is 0 Å². The minimum atomic E-state index is 0.866. The van der Waals surface area contributed by atoms with Gasteiger partial charge in [0.25, 0.3) is 0 Å². The van der Waals surface area contributed by atoms with Crippen molar-refractivity contribution in [2.75, 3.05) is 0 Å². The van der Waals surface area contributed by atoms with Crippen LogP contribution in [0.1, 0.15) is 47.2 Å². The topological polar surface area (TPSA) is 0 Å². The normalized spacial score (nSPS) is 11.6. The van der Waals surface area contributed by atoms with Crippen molar-refractivity contribution in [1.82, 2.24) is 0 Å². The molecular weight excluding hydrogens is 492 g/mol. The van der Waals surface area contributed by atoms with Crippen LogP contribution < -0.4 is 0 Å². The van der Waals surface area contributed by atoms with Crippen molar-refractivity contribution in [3.63, 3.8) is 0 Å². The Balaban J connectivity index is 1.60. The van der Waals surface area contributed by atoms with E-state index in [0.717, 1.165) is 18.4 Å². The molecule has 5 aromatic carbocycles. The second-order valence-electron chi connectivity index (χ2n) is 10.9. The van der Waals surface area contributed by atoms with Crippen molar-refractivity contribution < 1.29 is 0 Å². The molecule has 0 saturated carbocycles. The summed E-state index contributed by atoms with van der Waals surface area (Å²) in [4.78, 5) is 0. The summed E-state index contributed by atoms with van der Waals surface area (Å²) >= 11 is 0. The van der Waals surface area contributed by atoms with E-state index in [4.69, 9.17) is 0 Å². The molecule has 0 aliphatic carbocycles. The third kappa shape index (κ3) is 6.73. The largest absolute Gasteiger partial charge is 0.0961 e. The van der Waals surface area contributed by atoms with Crippen LogP contribution in [0.2, 0.25) is 0 Å². The van der Waals surface area contributed by atoms with E-state index in [9.17, 15) is 0 Å². The van der Waals surface area contributed by atoms with Crippen molar-refractivity contribution >= 4 is 5.57 Å². The summed E-state index contributed by atoms with van der Waals surface area (Å²) in [7, 11) is 0. The van der Waals surface area contributed by atoms with Gasteiger partial charge in [0.2, 0.25) is 0 Å². The average molecular weight is 531 g/mol. The fourth-order valence-electron chi connectivity index (χ4n) is 5.79. The Morgan fingerprint density at radius 2 is 1.12 bits per heavy atom. The summed E-state index contributed by atoms with van der Waals surface area (Å²) < 4.78 is 0. The van der Waals surface area contributed by atoms with Crippen molar-refractivity contribution in [2.45, 2.75) is 33.6 Å². The van der Waals surface area contributed by atoms with Gasteiger partial charge in [0.05, 0.1) is 0 Å². The van der Waals surface area contributed by atoms with E-state index in [2.05, 4.69) is 160 Å². The van der Waals surface area contributed by atoms with Gasteiger partial charge < -0.3 is 0 Å². The Bertz CT molecular complexity index is 1700. The lowest BCUT2D eigenvalue weighted by Gasteiger charge is -2.19. The smallest absolute Gasteiger partial charge is 0.00134 e. The fraction of sp³-hybridized carbons (Fsp3) is 0.122. The van der Waals surface area contributed by atoms with Gasteiger partial charge in [-0.2, -0.15) is 0 Å². The Labute approximate surface area is 246 Å².